The molecule has 0 spiro atoms. The molecule has 3 nitrogen and oxygen atoms in total. The second-order valence-corrected chi connectivity index (χ2v) is 5.11. The summed E-state index contributed by atoms with van der Waals surface area (Å²) in [5, 5.41) is 4.59. The molecule has 0 aliphatic heterocycles. The van der Waals surface area contributed by atoms with Crippen LogP contribution in [0.5, 0.6) is 0 Å². The third kappa shape index (κ3) is 1.95. The minimum atomic E-state index is -0.0349. The Hall–Kier alpha value is -1.61. The number of carbonyl (C=O) groups excluding carboxylic acids is 1. The van der Waals surface area contributed by atoms with E-state index in [0.29, 0.717) is 22.1 Å². The van der Waals surface area contributed by atoms with Crippen LogP contribution in [0.15, 0.2) is 29.0 Å². The Bertz CT molecular complexity index is 614. The topological polar surface area (TPSA) is 43.1 Å². The van der Waals surface area contributed by atoms with E-state index < -0.39 is 0 Å². The molecule has 18 heavy (non-hydrogen) atoms. The van der Waals surface area contributed by atoms with Crippen molar-refractivity contribution in [1.82, 2.24) is 5.16 Å². The summed E-state index contributed by atoms with van der Waals surface area (Å²) in [6.45, 7) is 1.88. The first kappa shape index (κ1) is 11.5. The summed E-state index contributed by atoms with van der Waals surface area (Å²) >= 11 is 5.90. The van der Waals surface area contributed by atoms with Gasteiger partial charge in [-0.25, -0.2) is 0 Å². The number of nitrogens with zero attached hydrogens (tertiary/aromatic N) is 1. The molecule has 1 aliphatic carbocycles. The molecule has 3 rings (SSSR count). The SMILES string of the molecule is Cc1cc(Cl)ccc1C(=O)c1conc1C1CC1. The third-order valence-electron chi connectivity index (χ3n) is 3.24. The zero-order valence-corrected chi connectivity index (χ0v) is 10.7. The number of aryl methyl sites for hydroxylation is 1. The molecule has 0 radical (unpaired) electrons. The monoisotopic (exact) mass is 261 g/mol. The van der Waals surface area contributed by atoms with Crippen molar-refractivity contribution in [2.24, 2.45) is 0 Å². The molecule has 0 bridgehead atoms. The van der Waals surface area contributed by atoms with Gasteiger partial charge in [0.15, 0.2) is 5.78 Å². The molecule has 0 saturated heterocycles. The molecule has 1 saturated carbocycles. The van der Waals surface area contributed by atoms with Crippen LogP contribution in [0.2, 0.25) is 5.02 Å². The molecule has 0 unspecified atom stereocenters. The van der Waals surface area contributed by atoms with Gasteiger partial charge in [-0.1, -0.05) is 16.8 Å². The predicted octanol–water partition coefficient (Wildman–Crippen LogP) is 3.74. The van der Waals surface area contributed by atoms with E-state index in [4.69, 9.17) is 16.1 Å². The van der Waals surface area contributed by atoms with Crippen molar-refractivity contribution >= 4 is 17.4 Å². The number of rotatable bonds is 3. The molecule has 1 fully saturated rings. The van der Waals surface area contributed by atoms with Gasteiger partial charge in [0, 0.05) is 16.5 Å². The number of ketones is 1. The maximum Gasteiger partial charge on any atom is 0.198 e. The van der Waals surface area contributed by atoms with Crippen molar-refractivity contribution in [3.63, 3.8) is 0 Å². The van der Waals surface area contributed by atoms with Crippen LogP contribution in [0.1, 0.15) is 45.9 Å². The van der Waals surface area contributed by atoms with Gasteiger partial charge in [0.2, 0.25) is 0 Å². The van der Waals surface area contributed by atoms with E-state index in [9.17, 15) is 4.79 Å². The van der Waals surface area contributed by atoms with E-state index >= 15 is 0 Å². The van der Waals surface area contributed by atoms with Crippen LogP contribution in [0.3, 0.4) is 0 Å². The standard InChI is InChI=1S/C14H12ClNO2/c1-8-6-10(15)4-5-11(8)14(17)12-7-18-16-13(12)9-2-3-9/h4-7,9H,2-3H2,1H3. The maximum absolute atomic E-state index is 12.4. The molecule has 0 atom stereocenters. The lowest BCUT2D eigenvalue weighted by atomic mass is 9.98. The van der Waals surface area contributed by atoms with Crippen molar-refractivity contribution in [1.29, 1.82) is 0 Å². The Kier molecular flexibility index (Phi) is 2.71. The van der Waals surface area contributed by atoms with Gasteiger partial charge in [0.25, 0.3) is 0 Å². The third-order valence-corrected chi connectivity index (χ3v) is 3.47. The molecule has 0 amide bonds. The molecule has 1 aromatic carbocycles. The molecule has 0 N–H and O–H groups in total. The normalized spacial score (nSPS) is 14.8. The quantitative estimate of drug-likeness (QED) is 0.791. The van der Waals surface area contributed by atoms with E-state index in [1.165, 1.54) is 6.26 Å². The number of hydrogen-bond acceptors (Lipinski definition) is 3. The first-order valence-electron chi connectivity index (χ1n) is 5.92. The Morgan fingerprint density at radius 3 is 2.83 bits per heavy atom. The number of halogens is 1. The van der Waals surface area contributed by atoms with Gasteiger partial charge >= 0.3 is 0 Å². The Labute approximate surface area is 110 Å². The van der Waals surface area contributed by atoms with Crippen molar-refractivity contribution in [2.45, 2.75) is 25.7 Å². The molecule has 1 aliphatic rings. The van der Waals surface area contributed by atoms with Gasteiger partial charge in [-0.3, -0.25) is 4.79 Å². The zero-order valence-electron chi connectivity index (χ0n) is 9.94. The van der Waals surface area contributed by atoms with Gasteiger partial charge in [0.1, 0.15) is 6.26 Å². The first-order chi connectivity index (χ1) is 8.66. The van der Waals surface area contributed by atoms with E-state index in [-0.39, 0.29) is 5.78 Å². The Balaban J connectivity index is 2.00. The van der Waals surface area contributed by atoms with Crippen LogP contribution in [-0.2, 0) is 0 Å². The van der Waals surface area contributed by atoms with Crippen LogP contribution < -0.4 is 0 Å². The van der Waals surface area contributed by atoms with Crippen molar-refractivity contribution in [3.05, 3.63) is 51.9 Å². The van der Waals surface area contributed by atoms with Crippen LogP contribution >= 0.6 is 11.6 Å². The number of benzene rings is 1. The highest BCUT2D eigenvalue weighted by Crippen LogP contribution is 2.41. The number of carbonyl (C=O) groups is 1. The largest absolute Gasteiger partial charge is 0.364 e. The van der Waals surface area contributed by atoms with Crippen LogP contribution in [0, 0.1) is 6.92 Å². The lowest BCUT2D eigenvalue weighted by Gasteiger charge is -2.04. The maximum atomic E-state index is 12.4. The summed E-state index contributed by atoms with van der Waals surface area (Å²) < 4.78 is 4.96. The minimum Gasteiger partial charge on any atom is -0.364 e. The van der Waals surface area contributed by atoms with E-state index in [1.807, 2.05) is 6.92 Å². The van der Waals surface area contributed by atoms with E-state index in [0.717, 1.165) is 24.1 Å². The summed E-state index contributed by atoms with van der Waals surface area (Å²) in [6, 6.07) is 5.27. The average Bonchev–Trinajstić information content (AvgIpc) is 3.06. The van der Waals surface area contributed by atoms with Gasteiger partial charge in [0.05, 0.1) is 11.3 Å². The van der Waals surface area contributed by atoms with Gasteiger partial charge in [-0.15, -0.1) is 0 Å². The van der Waals surface area contributed by atoms with Crippen molar-refractivity contribution < 1.29 is 9.32 Å². The molecule has 1 heterocycles. The summed E-state index contributed by atoms with van der Waals surface area (Å²) in [7, 11) is 0. The summed E-state index contributed by atoms with van der Waals surface area (Å²) in [6.07, 6.45) is 3.63. The van der Waals surface area contributed by atoms with Crippen molar-refractivity contribution in [2.75, 3.05) is 0 Å². The zero-order chi connectivity index (χ0) is 12.7. The van der Waals surface area contributed by atoms with E-state index in [2.05, 4.69) is 5.16 Å². The lowest BCUT2D eigenvalue weighted by Crippen LogP contribution is -2.05. The Morgan fingerprint density at radius 1 is 1.39 bits per heavy atom. The minimum absolute atomic E-state index is 0.0349. The average molecular weight is 262 g/mol. The lowest BCUT2D eigenvalue weighted by molar-refractivity contribution is 0.103. The summed E-state index contributed by atoms with van der Waals surface area (Å²) in [5.74, 6) is 0.364. The molecule has 4 heteroatoms. The highest BCUT2D eigenvalue weighted by molar-refractivity contribution is 6.30. The van der Waals surface area contributed by atoms with Crippen LogP contribution in [-0.4, -0.2) is 10.9 Å². The predicted molar refractivity (Wildman–Crippen MR) is 68.1 cm³/mol. The van der Waals surface area contributed by atoms with Gasteiger partial charge in [-0.2, -0.15) is 0 Å². The molecular formula is C14H12ClNO2. The van der Waals surface area contributed by atoms with Gasteiger partial charge < -0.3 is 4.52 Å². The molecule has 92 valence electrons. The molecule has 2 aromatic rings. The highest BCUT2D eigenvalue weighted by atomic mass is 35.5. The molecule has 1 aromatic heterocycles. The number of aromatic nitrogens is 1. The van der Waals surface area contributed by atoms with Crippen LogP contribution in [0.4, 0.5) is 0 Å². The van der Waals surface area contributed by atoms with Gasteiger partial charge in [-0.05, 0) is 43.5 Å². The smallest absolute Gasteiger partial charge is 0.198 e. The number of hydrogen-bond donors (Lipinski definition) is 0. The fourth-order valence-corrected chi connectivity index (χ4v) is 2.32. The van der Waals surface area contributed by atoms with Crippen molar-refractivity contribution in [3.8, 4) is 0 Å². The Morgan fingerprint density at radius 2 is 2.17 bits per heavy atom. The summed E-state index contributed by atoms with van der Waals surface area (Å²) in [4.78, 5) is 12.4. The van der Waals surface area contributed by atoms with Crippen LogP contribution in [0.25, 0.3) is 0 Å². The first-order valence-corrected chi connectivity index (χ1v) is 6.29. The van der Waals surface area contributed by atoms with E-state index in [1.54, 1.807) is 18.2 Å². The molecular weight excluding hydrogens is 250 g/mol. The highest BCUT2D eigenvalue weighted by Gasteiger charge is 2.32. The fraction of sp³-hybridized carbons (Fsp3) is 0.286. The second kappa shape index (κ2) is 4.25. The fourth-order valence-electron chi connectivity index (χ4n) is 2.09. The summed E-state index contributed by atoms with van der Waals surface area (Å²) in [5.41, 5.74) is 2.91. The second-order valence-electron chi connectivity index (χ2n) is 4.68.